The van der Waals surface area contributed by atoms with Crippen LogP contribution in [0.3, 0.4) is 0 Å². The molecule has 0 amide bonds. The van der Waals surface area contributed by atoms with Gasteiger partial charge in [0.1, 0.15) is 6.61 Å². The highest BCUT2D eigenvalue weighted by Gasteiger charge is 2.28. The van der Waals surface area contributed by atoms with Crippen molar-refractivity contribution < 1.29 is 9.84 Å². The Morgan fingerprint density at radius 2 is 2.39 bits per heavy atom. The van der Waals surface area contributed by atoms with E-state index in [1.165, 1.54) is 17.7 Å². The molecule has 1 N–H and O–H groups in total. The minimum atomic E-state index is -0.0762. The fraction of sp³-hybridized carbons (Fsp3) is 0.571. The van der Waals surface area contributed by atoms with Crippen LogP contribution in [0, 0.1) is 11.8 Å². The van der Waals surface area contributed by atoms with Crippen molar-refractivity contribution in [2.45, 2.75) is 25.4 Å². The summed E-state index contributed by atoms with van der Waals surface area (Å²) in [6.07, 6.45) is 2.62. The second kappa shape index (κ2) is 6.91. The van der Waals surface area contributed by atoms with Gasteiger partial charge in [0.05, 0.1) is 6.61 Å². The van der Waals surface area contributed by atoms with Crippen molar-refractivity contribution in [2.75, 3.05) is 26.9 Å². The topological polar surface area (TPSA) is 32.7 Å². The number of hydrogen-bond acceptors (Lipinski definition) is 4. The lowest BCUT2D eigenvalue weighted by Gasteiger charge is -2.20. The molecule has 0 spiro atoms. The highest BCUT2D eigenvalue weighted by atomic mass is 32.1. The smallest absolute Gasteiger partial charge is 0.104 e. The summed E-state index contributed by atoms with van der Waals surface area (Å²) in [5.41, 5.74) is 1.01. The first-order chi connectivity index (χ1) is 8.83. The molecule has 0 aliphatic heterocycles. The first-order valence-corrected chi connectivity index (χ1v) is 7.11. The first kappa shape index (κ1) is 13.6. The minimum absolute atomic E-state index is 0.0762. The number of methoxy groups -OCH3 is 1. The summed E-state index contributed by atoms with van der Waals surface area (Å²) in [5, 5.41) is 10.7. The molecule has 1 aromatic rings. The van der Waals surface area contributed by atoms with Crippen LogP contribution in [0.15, 0.2) is 11.4 Å². The van der Waals surface area contributed by atoms with Gasteiger partial charge < -0.3 is 9.84 Å². The molecule has 1 aromatic heterocycles. The van der Waals surface area contributed by atoms with Crippen LogP contribution in [0.5, 0.6) is 0 Å². The summed E-state index contributed by atoms with van der Waals surface area (Å²) in [7, 11) is 1.75. The molecule has 2 rings (SSSR count). The fourth-order valence-corrected chi connectivity index (χ4v) is 2.75. The zero-order chi connectivity index (χ0) is 12.8. The molecule has 0 atom stereocenters. The molecule has 0 radical (unpaired) electrons. The third kappa shape index (κ3) is 4.11. The lowest BCUT2D eigenvalue weighted by Crippen LogP contribution is -2.28. The van der Waals surface area contributed by atoms with Crippen LogP contribution in [0.2, 0.25) is 0 Å². The van der Waals surface area contributed by atoms with Crippen molar-refractivity contribution in [3.8, 4) is 11.8 Å². The molecule has 0 aromatic carbocycles. The molecule has 4 heteroatoms. The molecule has 18 heavy (non-hydrogen) atoms. The average Bonchev–Trinajstić information content (AvgIpc) is 3.13. The van der Waals surface area contributed by atoms with Crippen LogP contribution in [0.4, 0.5) is 0 Å². The molecule has 1 aliphatic rings. The number of hydrogen-bond donors (Lipinski definition) is 1. The van der Waals surface area contributed by atoms with Crippen molar-refractivity contribution in [3.63, 3.8) is 0 Å². The van der Waals surface area contributed by atoms with Crippen molar-refractivity contribution in [2.24, 2.45) is 0 Å². The predicted octanol–water partition coefficient (Wildman–Crippen LogP) is 1.70. The molecule has 1 fully saturated rings. The molecule has 1 aliphatic carbocycles. The van der Waals surface area contributed by atoms with Crippen molar-refractivity contribution >= 4 is 11.3 Å². The van der Waals surface area contributed by atoms with Crippen LogP contribution in [-0.4, -0.2) is 42.9 Å². The maximum atomic E-state index is 8.67. The number of aliphatic hydroxyl groups is 1. The van der Waals surface area contributed by atoms with E-state index in [1.807, 2.05) is 0 Å². The second-order valence-corrected chi connectivity index (χ2v) is 5.45. The van der Waals surface area contributed by atoms with Crippen molar-refractivity contribution in [1.29, 1.82) is 0 Å². The predicted molar refractivity (Wildman–Crippen MR) is 73.6 cm³/mol. The van der Waals surface area contributed by atoms with E-state index in [2.05, 4.69) is 28.2 Å². The molecule has 3 nitrogen and oxygen atoms in total. The third-order valence-electron chi connectivity index (χ3n) is 2.97. The van der Waals surface area contributed by atoms with E-state index in [0.717, 1.165) is 31.3 Å². The standard InChI is InChI=1S/C14H19NO2S/c1-17-8-6-15(13-4-5-13)10-14-9-12(11-18-14)3-2-7-16/h9,11,13,16H,4-8,10H2,1H3. The Kier molecular flexibility index (Phi) is 5.21. The monoisotopic (exact) mass is 265 g/mol. The van der Waals surface area contributed by atoms with Crippen molar-refractivity contribution in [3.05, 3.63) is 21.9 Å². The maximum absolute atomic E-state index is 8.67. The normalized spacial score (nSPS) is 14.6. The zero-order valence-electron chi connectivity index (χ0n) is 10.7. The third-order valence-corrected chi connectivity index (χ3v) is 3.89. The lowest BCUT2D eigenvalue weighted by atomic mass is 10.3. The van der Waals surface area contributed by atoms with Crippen LogP contribution < -0.4 is 0 Å². The SMILES string of the molecule is COCCN(Cc1cc(C#CCO)cs1)C1CC1. The molecule has 0 saturated heterocycles. The first-order valence-electron chi connectivity index (χ1n) is 6.23. The summed E-state index contributed by atoms with van der Waals surface area (Å²) in [6, 6.07) is 2.87. The minimum Gasteiger partial charge on any atom is -0.384 e. The van der Waals surface area contributed by atoms with Gasteiger partial charge in [0, 0.05) is 42.1 Å². The van der Waals surface area contributed by atoms with Gasteiger partial charge in [-0.05, 0) is 18.9 Å². The molecule has 1 saturated carbocycles. The second-order valence-electron chi connectivity index (χ2n) is 4.46. The molecule has 0 unspecified atom stereocenters. The summed E-state index contributed by atoms with van der Waals surface area (Å²) in [6.45, 7) is 2.70. The van der Waals surface area contributed by atoms with E-state index in [-0.39, 0.29) is 6.61 Å². The van der Waals surface area contributed by atoms with Crippen molar-refractivity contribution in [1.82, 2.24) is 4.90 Å². The van der Waals surface area contributed by atoms with Gasteiger partial charge >= 0.3 is 0 Å². The average molecular weight is 265 g/mol. The highest BCUT2D eigenvalue weighted by molar-refractivity contribution is 7.10. The van der Waals surface area contributed by atoms with Crippen LogP contribution >= 0.6 is 11.3 Å². The number of rotatable bonds is 6. The van der Waals surface area contributed by atoms with Gasteiger partial charge in [0.2, 0.25) is 0 Å². The number of nitrogens with zero attached hydrogens (tertiary/aromatic N) is 1. The van der Waals surface area contributed by atoms with Crippen LogP contribution in [0.25, 0.3) is 0 Å². The Bertz CT molecular complexity index is 428. The van der Waals surface area contributed by atoms with Crippen LogP contribution in [0.1, 0.15) is 23.3 Å². The van der Waals surface area contributed by atoms with Gasteiger partial charge in [0.15, 0.2) is 0 Å². The summed E-state index contributed by atoms with van der Waals surface area (Å²) in [5.74, 6) is 5.62. The van der Waals surface area contributed by atoms with Gasteiger partial charge in [-0.1, -0.05) is 11.8 Å². The fourth-order valence-electron chi connectivity index (χ4n) is 1.91. The maximum Gasteiger partial charge on any atom is 0.104 e. The largest absolute Gasteiger partial charge is 0.384 e. The van der Waals surface area contributed by atoms with Gasteiger partial charge in [-0.3, -0.25) is 4.90 Å². The number of ether oxygens (including phenoxy) is 1. The Labute approximate surface area is 112 Å². The van der Waals surface area contributed by atoms with E-state index < -0.39 is 0 Å². The van der Waals surface area contributed by atoms with Crippen LogP contribution in [-0.2, 0) is 11.3 Å². The quantitative estimate of drug-likeness (QED) is 0.795. The Morgan fingerprint density at radius 1 is 1.56 bits per heavy atom. The Morgan fingerprint density at radius 3 is 3.06 bits per heavy atom. The van der Waals surface area contributed by atoms with Gasteiger partial charge in [-0.2, -0.15) is 0 Å². The molecular formula is C14H19NO2S. The number of aliphatic hydroxyl groups excluding tert-OH is 1. The summed E-state index contributed by atoms with van der Waals surface area (Å²) < 4.78 is 5.16. The zero-order valence-corrected chi connectivity index (χ0v) is 11.5. The van der Waals surface area contributed by atoms with E-state index in [4.69, 9.17) is 9.84 Å². The Hall–Kier alpha value is -0.860. The van der Waals surface area contributed by atoms with E-state index in [9.17, 15) is 0 Å². The van der Waals surface area contributed by atoms with E-state index in [1.54, 1.807) is 18.4 Å². The number of thiophene rings is 1. The summed E-state index contributed by atoms with van der Waals surface area (Å²) >= 11 is 1.74. The van der Waals surface area contributed by atoms with E-state index >= 15 is 0 Å². The summed E-state index contributed by atoms with van der Waals surface area (Å²) in [4.78, 5) is 3.82. The molecule has 1 heterocycles. The molecular weight excluding hydrogens is 246 g/mol. The van der Waals surface area contributed by atoms with Gasteiger partial charge in [-0.25, -0.2) is 0 Å². The molecule has 0 bridgehead atoms. The van der Waals surface area contributed by atoms with Gasteiger partial charge in [0.25, 0.3) is 0 Å². The lowest BCUT2D eigenvalue weighted by molar-refractivity contribution is 0.140. The molecule has 98 valence electrons. The Balaban J connectivity index is 1.91. The van der Waals surface area contributed by atoms with E-state index in [0.29, 0.717) is 0 Å². The highest BCUT2D eigenvalue weighted by Crippen LogP contribution is 2.29. The van der Waals surface area contributed by atoms with Gasteiger partial charge in [-0.15, -0.1) is 11.3 Å².